The van der Waals surface area contributed by atoms with Gasteiger partial charge in [0.15, 0.2) is 0 Å². The quantitative estimate of drug-likeness (QED) is 0.846. The van der Waals surface area contributed by atoms with Gasteiger partial charge in [0.05, 0.1) is 7.11 Å². The average Bonchev–Trinajstić information content (AvgIpc) is 2.62. The van der Waals surface area contributed by atoms with Gasteiger partial charge < -0.3 is 9.64 Å². The van der Waals surface area contributed by atoms with Gasteiger partial charge in [-0.1, -0.05) is 42.5 Å². The van der Waals surface area contributed by atoms with Crippen LogP contribution in [-0.2, 0) is 0 Å². The lowest BCUT2D eigenvalue weighted by atomic mass is 10.2. The molecular weight excluding hydrogens is 300 g/mol. The number of hydrogen-bond acceptors (Lipinski definition) is 5. The third-order valence-corrected chi connectivity index (χ3v) is 4.16. The van der Waals surface area contributed by atoms with Crippen LogP contribution in [-0.4, -0.2) is 54.7 Å². The minimum atomic E-state index is 0.630. The first-order valence-electron chi connectivity index (χ1n) is 8.33. The summed E-state index contributed by atoms with van der Waals surface area (Å²) < 4.78 is 5.25. The highest BCUT2D eigenvalue weighted by atomic mass is 16.5. The van der Waals surface area contributed by atoms with Crippen molar-refractivity contribution in [2.24, 2.45) is 0 Å². The van der Waals surface area contributed by atoms with Crippen LogP contribution < -0.4 is 9.64 Å². The number of rotatable bonds is 5. The number of anilines is 1. The van der Waals surface area contributed by atoms with Gasteiger partial charge in [-0.2, -0.15) is 4.98 Å². The SMILES string of the molecule is COc1cc(C)nc(N2CCN(C/C=C/c3ccccc3)CC2)n1. The molecule has 5 heteroatoms. The number of aryl methyl sites for hydroxylation is 1. The van der Waals surface area contributed by atoms with Gasteiger partial charge in [-0.3, -0.25) is 4.90 Å². The van der Waals surface area contributed by atoms with Crippen LogP contribution in [0.15, 0.2) is 42.5 Å². The van der Waals surface area contributed by atoms with E-state index in [4.69, 9.17) is 4.74 Å². The van der Waals surface area contributed by atoms with Crippen LogP contribution in [0.4, 0.5) is 5.95 Å². The molecule has 0 bridgehead atoms. The maximum absolute atomic E-state index is 5.25. The Labute approximate surface area is 143 Å². The summed E-state index contributed by atoms with van der Waals surface area (Å²) in [6, 6.07) is 12.3. The minimum absolute atomic E-state index is 0.630. The Morgan fingerprint density at radius 3 is 2.54 bits per heavy atom. The standard InChI is InChI=1S/C19H24N4O/c1-16-15-18(24-2)21-19(20-16)23-13-11-22(12-14-23)10-6-9-17-7-4-3-5-8-17/h3-9,15H,10-14H2,1-2H3/b9-6+. The van der Waals surface area contributed by atoms with Crippen molar-refractivity contribution in [3.63, 3.8) is 0 Å². The number of aromatic nitrogens is 2. The predicted molar refractivity (Wildman–Crippen MR) is 97.5 cm³/mol. The van der Waals surface area contributed by atoms with Crippen molar-refractivity contribution in [2.75, 3.05) is 44.7 Å². The number of methoxy groups -OCH3 is 1. The monoisotopic (exact) mass is 324 g/mol. The molecule has 1 aromatic carbocycles. The summed E-state index contributed by atoms with van der Waals surface area (Å²) in [4.78, 5) is 13.7. The molecule has 1 aliphatic heterocycles. The first kappa shape index (κ1) is 16.5. The van der Waals surface area contributed by atoms with Crippen molar-refractivity contribution >= 4 is 12.0 Å². The summed E-state index contributed by atoms with van der Waals surface area (Å²) in [6.45, 7) is 6.84. The van der Waals surface area contributed by atoms with Crippen LogP contribution in [0, 0.1) is 6.92 Å². The Hall–Kier alpha value is -2.40. The second-order valence-corrected chi connectivity index (χ2v) is 5.95. The zero-order chi connectivity index (χ0) is 16.8. The van der Waals surface area contributed by atoms with E-state index in [0.717, 1.165) is 44.4 Å². The van der Waals surface area contributed by atoms with Crippen molar-refractivity contribution < 1.29 is 4.74 Å². The van der Waals surface area contributed by atoms with E-state index in [1.54, 1.807) is 7.11 Å². The minimum Gasteiger partial charge on any atom is -0.481 e. The van der Waals surface area contributed by atoms with E-state index in [9.17, 15) is 0 Å². The van der Waals surface area contributed by atoms with E-state index < -0.39 is 0 Å². The predicted octanol–water partition coefficient (Wildman–Crippen LogP) is 2.63. The van der Waals surface area contributed by atoms with Gasteiger partial charge >= 0.3 is 0 Å². The normalized spacial score (nSPS) is 15.8. The summed E-state index contributed by atoms with van der Waals surface area (Å²) in [5.41, 5.74) is 2.18. The molecule has 126 valence electrons. The molecule has 24 heavy (non-hydrogen) atoms. The van der Waals surface area contributed by atoms with Gasteiger partial charge in [0, 0.05) is 44.5 Å². The summed E-state index contributed by atoms with van der Waals surface area (Å²) in [7, 11) is 1.64. The topological polar surface area (TPSA) is 41.5 Å². The summed E-state index contributed by atoms with van der Waals surface area (Å²) in [5.74, 6) is 1.40. The summed E-state index contributed by atoms with van der Waals surface area (Å²) in [6.07, 6.45) is 4.41. The molecule has 2 heterocycles. The van der Waals surface area contributed by atoms with Crippen molar-refractivity contribution in [1.82, 2.24) is 14.9 Å². The molecule has 0 amide bonds. The van der Waals surface area contributed by atoms with E-state index >= 15 is 0 Å². The highest BCUT2D eigenvalue weighted by Crippen LogP contribution is 2.16. The maximum Gasteiger partial charge on any atom is 0.228 e. The van der Waals surface area contributed by atoms with E-state index in [-0.39, 0.29) is 0 Å². The number of hydrogen-bond donors (Lipinski definition) is 0. The smallest absolute Gasteiger partial charge is 0.228 e. The Bertz CT molecular complexity index is 679. The van der Waals surface area contributed by atoms with E-state index in [1.165, 1.54) is 5.56 Å². The molecule has 0 radical (unpaired) electrons. The van der Waals surface area contributed by atoms with Gasteiger partial charge in [-0.15, -0.1) is 0 Å². The molecule has 2 aromatic rings. The fourth-order valence-corrected chi connectivity index (χ4v) is 2.80. The Morgan fingerprint density at radius 2 is 1.83 bits per heavy atom. The Morgan fingerprint density at radius 1 is 1.08 bits per heavy atom. The largest absolute Gasteiger partial charge is 0.481 e. The number of benzene rings is 1. The van der Waals surface area contributed by atoms with Gasteiger partial charge in [-0.25, -0.2) is 4.98 Å². The van der Waals surface area contributed by atoms with Crippen LogP contribution in [0.25, 0.3) is 6.08 Å². The lowest BCUT2D eigenvalue weighted by molar-refractivity contribution is 0.282. The van der Waals surface area contributed by atoms with Gasteiger partial charge in [-0.05, 0) is 12.5 Å². The molecule has 0 saturated carbocycles. The molecular formula is C19H24N4O. The summed E-state index contributed by atoms with van der Waals surface area (Å²) in [5, 5.41) is 0. The molecule has 3 rings (SSSR count). The first-order valence-corrected chi connectivity index (χ1v) is 8.33. The molecule has 0 aliphatic carbocycles. The lowest BCUT2D eigenvalue weighted by Gasteiger charge is -2.34. The molecule has 0 unspecified atom stereocenters. The molecule has 0 atom stereocenters. The Balaban J connectivity index is 1.52. The van der Waals surface area contributed by atoms with Gasteiger partial charge in [0.1, 0.15) is 0 Å². The maximum atomic E-state index is 5.25. The highest BCUT2D eigenvalue weighted by Gasteiger charge is 2.19. The van der Waals surface area contributed by atoms with Crippen LogP contribution >= 0.6 is 0 Å². The molecule has 1 aliphatic rings. The Kier molecular flexibility index (Phi) is 5.43. The molecule has 1 aromatic heterocycles. The van der Waals surface area contributed by atoms with Crippen molar-refractivity contribution in [3.05, 3.63) is 53.7 Å². The van der Waals surface area contributed by atoms with Crippen LogP contribution in [0.3, 0.4) is 0 Å². The van der Waals surface area contributed by atoms with Crippen LogP contribution in [0.2, 0.25) is 0 Å². The molecule has 5 nitrogen and oxygen atoms in total. The molecule has 1 fully saturated rings. The van der Waals surface area contributed by atoms with Crippen molar-refractivity contribution in [1.29, 1.82) is 0 Å². The number of ether oxygens (including phenoxy) is 1. The molecule has 0 N–H and O–H groups in total. The lowest BCUT2D eigenvalue weighted by Crippen LogP contribution is -2.47. The first-order chi connectivity index (χ1) is 11.7. The second kappa shape index (κ2) is 7.93. The third-order valence-electron chi connectivity index (χ3n) is 4.16. The number of nitrogens with zero attached hydrogens (tertiary/aromatic N) is 4. The second-order valence-electron chi connectivity index (χ2n) is 5.95. The van der Waals surface area contributed by atoms with Crippen LogP contribution in [0.1, 0.15) is 11.3 Å². The average molecular weight is 324 g/mol. The van der Waals surface area contributed by atoms with E-state index in [1.807, 2.05) is 19.1 Å². The fraction of sp³-hybridized carbons (Fsp3) is 0.368. The van der Waals surface area contributed by atoms with Gasteiger partial charge in [0.25, 0.3) is 0 Å². The van der Waals surface area contributed by atoms with Crippen molar-refractivity contribution in [2.45, 2.75) is 6.92 Å². The van der Waals surface area contributed by atoms with E-state index in [2.05, 4.69) is 56.2 Å². The molecule has 1 saturated heterocycles. The van der Waals surface area contributed by atoms with E-state index in [0.29, 0.717) is 5.88 Å². The molecule has 0 spiro atoms. The third kappa shape index (κ3) is 4.32. The van der Waals surface area contributed by atoms with Crippen LogP contribution in [0.5, 0.6) is 5.88 Å². The fourth-order valence-electron chi connectivity index (χ4n) is 2.80. The summed E-state index contributed by atoms with van der Waals surface area (Å²) >= 11 is 0. The van der Waals surface area contributed by atoms with Gasteiger partial charge in [0.2, 0.25) is 11.8 Å². The zero-order valence-corrected chi connectivity index (χ0v) is 14.4. The zero-order valence-electron chi connectivity index (χ0n) is 14.4. The number of piperazine rings is 1. The highest BCUT2D eigenvalue weighted by molar-refractivity contribution is 5.48. The van der Waals surface area contributed by atoms with Crippen molar-refractivity contribution in [3.8, 4) is 5.88 Å².